The Morgan fingerprint density at radius 2 is 2.00 bits per heavy atom. The molecule has 0 radical (unpaired) electrons. The van der Waals surface area contributed by atoms with Crippen molar-refractivity contribution in [3.63, 3.8) is 0 Å². The minimum atomic E-state index is -0.504. The summed E-state index contributed by atoms with van der Waals surface area (Å²) in [5.74, 6) is 0.665. The second kappa shape index (κ2) is 7.41. The van der Waals surface area contributed by atoms with E-state index in [1.54, 1.807) is 12.1 Å². The molecule has 20 heavy (non-hydrogen) atoms. The maximum Gasteiger partial charge on any atom is 0.251 e. The van der Waals surface area contributed by atoms with Gasteiger partial charge in [0.25, 0.3) is 5.91 Å². The highest BCUT2D eigenvalue weighted by Crippen LogP contribution is 2.15. The van der Waals surface area contributed by atoms with Crippen molar-refractivity contribution in [3.8, 4) is 0 Å². The molecule has 1 aliphatic heterocycles. The van der Waals surface area contributed by atoms with E-state index in [0.29, 0.717) is 18.7 Å². The van der Waals surface area contributed by atoms with E-state index in [4.69, 9.17) is 0 Å². The van der Waals surface area contributed by atoms with E-state index in [-0.39, 0.29) is 5.91 Å². The number of piperidine rings is 1. The molecule has 1 aliphatic rings. The molecule has 0 aliphatic carbocycles. The Morgan fingerprint density at radius 1 is 1.35 bits per heavy atom. The highest BCUT2D eigenvalue weighted by molar-refractivity contribution is 5.94. The van der Waals surface area contributed by atoms with Crippen LogP contribution in [0.4, 0.5) is 0 Å². The summed E-state index contributed by atoms with van der Waals surface area (Å²) >= 11 is 0. The van der Waals surface area contributed by atoms with Crippen LogP contribution < -0.4 is 5.32 Å². The summed E-state index contributed by atoms with van der Waals surface area (Å²) in [6.45, 7) is 5.31. The topological polar surface area (TPSA) is 52.6 Å². The van der Waals surface area contributed by atoms with E-state index in [2.05, 4.69) is 17.1 Å². The molecule has 1 atom stereocenters. The second-order valence-electron chi connectivity index (χ2n) is 5.71. The number of nitrogens with one attached hydrogen (secondary N) is 1. The average molecular weight is 276 g/mol. The Labute approximate surface area is 120 Å². The first-order valence-electron chi connectivity index (χ1n) is 7.39. The lowest BCUT2D eigenvalue weighted by Crippen LogP contribution is -2.43. The molecule has 2 N–H and O–H groups in total. The van der Waals surface area contributed by atoms with Gasteiger partial charge in [0.2, 0.25) is 0 Å². The Bertz CT molecular complexity index is 414. The molecule has 1 amide bonds. The van der Waals surface area contributed by atoms with Crippen LogP contribution in [0.25, 0.3) is 0 Å². The van der Waals surface area contributed by atoms with Gasteiger partial charge in [-0.2, -0.15) is 0 Å². The third-order valence-corrected chi connectivity index (χ3v) is 3.88. The molecule has 1 heterocycles. The van der Waals surface area contributed by atoms with Crippen LogP contribution in [-0.4, -0.2) is 48.2 Å². The molecule has 0 aromatic heterocycles. The smallest absolute Gasteiger partial charge is 0.251 e. The van der Waals surface area contributed by atoms with Crippen molar-refractivity contribution in [2.75, 3.05) is 26.2 Å². The molecule has 1 unspecified atom stereocenters. The molecule has 4 nitrogen and oxygen atoms in total. The van der Waals surface area contributed by atoms with Crippen LogP contribution in [0.3, 0.4) is 0 Å². The third kappa shape index (κ3) is 4.62. The van der Waals surface area contributed by atoms with Crippen molar-refractivity contribution in [3.05, 3.63) is 35.9 Å². The number of carbonyl (C=O) groups is 1. The molecule has 110 valence electrons. The molecule has 1 fully saturated rings. The zero-order valence-corrected chi connectivity index (χ0v) is 12.1. The van der Waals surface area contributed by atoms with Crippen LogP contribution in [0, 0.1) is 5.92 Å². The lowest BCUT2D eigenvalue weighted by Gasteiger charge is -2.31. The van der Waals surface area contributed by atoms with Gasteiger partial charge in [0, 0.05) is 18.7 Å². The number of hydrogen-bond donors (Lipinski definition) is 2. The Balaban J connectivity index is 1.70. The van der Waals surface area contributed by atoms with Crippen LogP contribution in [0.15, 0.2) is 30.3 Å². The van der Waals surface area contributed by atoms with Crippen molar-refractivity contribution in [2.45, 2.75) is 25.9 Å². The van der Waals surface area contributed by atoms with E-state index in [1.807, 2.05) is 18.2 Å². The second-order valence-corrected chi connectivity index (χ2v) is 5.71. The fourth-order valence-electron chi connectivity index (χ4n) is 2.51. The average Bonchev–Trinajstić information content (AvgIpc) is 2.48. The van der Waals surface area contributed by atoms with E-state index in [9.17, 15) is 9.90 Å². The van der Waals surface area contributed by atoms with Gasteiger partial charge in [-0.1, -0.05) is 25.1 Å². The quantitative estimate of drug-likeness (QED) is 0.857. The van der Waals surface area contributed by atoms with Crippen molar-refractivity contribution in [2.24, 2.45) is 5.92 Å². The maximum atomic E-state index is 11.8. The number of nitrogens with zero attached hydrogens (tertiary/aromatic N) is 1. The third-order valence-electron chi connectivity index (χ3n) is 3.88. The summed E-state index contributed by atoms with van der Waals surface area (Å²) in [4.78, 5) is 14.1. The zero-order valence-electron chi connectivity index (χ0n) is 12.1. The van der Waals surface area contributed by atoms with Gasteiger partial charge in [0.05, 0.1) is 6.10 Å². The fraction of sp³-hybridized carbons (Fsp3) is 0.562. The number of likely N-dealkylation sites (tertiary alicyclic amines) is 1. The van der Waals surface area contributed by atoms with Crippen LogP contribution in [0.1, 0.15) is 30.1 Å². The summed E-state index contributed by atoms with van der Waals surface area (Å²) in [6, 6.07) is 9.09. The van der Waals surface area contributed by atoms with E-state index in [1.165, 1.54) is 12.8 Å². The van der Waals surface area contributed by atoms with E-state index in [0.717, 1.165) is 19.0 Å². The predicted molar refractivity (Wildman–Crippen MR) is 79.6 cm³/mol. The summed E-state index contributed by atoms with van der Waals surface area (Å²) in [5.41, 5.74) is 0.631. The highest BCUT2D eigenvalue weighted by atomic mass is 16.3. The van der Waals surface area contributed by atoms with E-state index >= 15 is 0 Å². The Hall–Kier alpha value is -1.39. The molecular weight excluding hydrogens is 252 g/mol. The van der Waals surface area contributed by atoms with E-state index < -0.39 is 6.10 Å². The van der Waals surface area contributed by atoms with Gasteiger partial charge in [-0.15, -0.1) is 0 Å². The molecule has 2 rings (SSSR count). The molecule has 1 aromatic carbocycles. The van der Waals surface area contributed by atoms with Gasteiger partial charge in [-0.3, -0.25) is 4.79 Å². The number of β-amino-alcohol motifs (C(OH)–C–C–N with tert-alkyl or cyclic N) is 1. The molecule has 1 saturated heterocycles. The maximum absolute atomic E-state index is 11.8. The Kier molecular flexibility index (Phi) is 5.56. The van der Waals surface area contributed by atoms with Gasteiger partial charge in [0.15, 0.2) is 0 Å². The minimum Gasteiger partial charge on any atom is -0.390 e. The van der Waals surface area contributed by atoms with Crippen molar-refractivity contribution in [1.29, 1.82) is 0 Å². The molecular formula is C16H24N2O2. The van der Waals surface area contributed by atoms with Gasteiger partial charge in [-0.05, 0) is 44.0 Å². The summed E-state index contributed by atoms with van der Waals surface area (Å²) in [5, 5.41) is 12.8. The predicted octanol–water partition coefficient (Wildman–Crippen LogP) is 1.51. The van der Waals surface area contributed by atoms with Crippen molar-refractivity contribution in [1.82, 2.24) is 10.2 Å². The molecule has 0 spiro atoms. The van der Waals surface area contributed by atoms with Gasteiger partial charge in [-0.25, -0.2) is 0 Å². The summed E-state index contributed by atoms with van der Waals surface area (Å²) in [6.07, 6.45) is 1.89. The number of carbonyl (C=O) groups excluding carboxylic acids is 1. The van der Waals surface area contributed by atoms with Gasteiger partial charge >= 0.3 is 0 Å². The standard InChI is InChI=1S/C16H24N2O2/c1-13-7-9-18(10-8-13)12-15(19)11-17-16(20)14-5-3-2-4-6-14/h2-6,13,15,19H,7-12H2,1H3,(H,17,20). The number of hydrogen-bond acceptors (Lipinski definition) is 3. The minimum absolute atomic E-state index is 0.128. The lowest BCUT2D eigenvalue weighted by atomic mass is 9.99. The Morgan fingerprint density at radius 3 is 2.65 bits per heavy atom. The highest BCUT2D eigenvalue weighted by Gasteiger charge is 2.18. The van der Waals surface area contributed by atoms with Crippen LogP contribution in [0.5, 0.6) is 0 Å². The van der Waals surface area contributed by atoms with Gasteiger partial charge < -0.3 is 15.3 Å². The number of aliphatic hydroxyl groups is 1. The van der Waals surface area contributed by atoms with Crippen molar-refractivity contribution < 1.29 is 9.90 Å². The lowest BCUT2D eigenvalue weighted by molar-refractivity contribution is 0.0795. The molecule has 1 aromatic rings. The number of amides is 1. The SMILES string of the molecule is CC1CCN(CC(O)CNC(=O)c2ccccc2)CC1. The van der Waals surface area contributed by atoms with Crippen LogP contribution in [-0.2, 0) is 0 Å². The zero-order chi connectivity index (χ0) is 14.4. The molecule has 0 saturated carbocycles. The summed E-state index contributed by atoms with van der Waals surface area (Å²) < 4.78 is 0. The fourth-order valence-corrected chi connectivity index (χ4v) is 2.51. The number of aliphatic hydroxyl groups excluding tert-OH is 1. The first-order chi connectivity index (χ1) is 9.65. The monoisotopic (exact) mass is 276 g/mol. The largest absolute Gasteiger partial charge is 0.390 e. The number of rotatable bonds is 5. The van der Waals surface area contributed by atoms with Crippen LogP contribution in [0.2, 0.25) is 0 Å². The van der Waals surface area contributed by atoms with Crippen LogP contribution >= 0.6 is 0 Å². The number of benzene rings is 1. The molecule has 4 heteroatoms. The normalized spacial score (nSPS) is 18.7. The first-order valence-corrected chi connectivity index (χ1v) is 7.39. The van der Waals surface area contributed by atoms with Crippen molar-refractivity contribution >= 4 is 5.91 Å². The molecule has 0 bridgehead atoms. The van der Waals surface area contributed by atoms with Gasteiger partial charge in [0.1, 0.15) is 0 Å². The first kappa shape index (κ1) is 15.0. The summed E-state index contributed by atoms with van der Waals surface area (Å²) in [7, 11) is 0.